The molecule has 1 aliphatic heterocycles. The van der Waals surface area contributed by atoms with Crippen molar-refractivity contribution >= 4 is 5.91 Å². The van der Waals surface area contributed by atoms with Crippen molar-refractivity contribution in [3.63, 3.8) is 0 Å². The monoisotopic (exact) mass is 323 g/mol. The standard InChI is InChI=1S/C20H21NO3/c1-23-17-10-6-14(7-11-17)13-21(16-8-9-16)20(22)19-12-15-4-2-3-5-18(15)24-19/h2-7,10-11,16,19H,8-9,12-13H2,1H3. The number of benzene rings is 2. The summed E-state index contributed by atoms with van der Waals surface area (Å²) in [6.07, 6.45) is 2.45. The smallest absolute Gasteiger partial charge is 0.264 e. The van der Waals surface area contributed by atoms with E-state index in [4.69, 9.17) is 9.47 Å². The second kappa shape index (κ2) is 6.19. The number of ether oxygens (including phenoxy) is 2. The zero-order chi connectivity index (χ0) is 16.5. The molecule has 4 heteroatoms. The fourth-order valence-electron chi connectivity index (χ4n) is 3.21. The Morgan fingerprint density at radius 3 is 2.58 bits per heavy atom. The minimum absolute atomic E-state index is 0.101. The number of fused-ring (bicyclic) bond motifs is 1. The normalized spacial score (nSPS) is 18.6. The lowest BCUT2D eigenvalue weighted by molar-refractivity contribution is -0.139. The van der Waals surface area contributed by atoms with Gasteiger partial charge in [-0.15, -0.1) is 0 Å². The van der Waals surface area contributed by atoms with E-state index >= 15 is 0 Å². The molecule has 0 N–H and O–H groups in total. The summed E-state index contributed by atoms with van der Waals surface area (Å²) < 4.78 is 11.1. The number of carbonyl (C=O) groups excluding carboxylic acids is 1. The van der Waals surface area contributed by atoms with E-state index in [1.165, 1.54) is 0 Å². The van der Waals surface area contributed by atoms with E-state index in [9.17, 15) is 4.79 Å². The van der Waals surface area contributed by atoms with Gasteiger partial charge in [0.05, 0.1) is 7.11 Å². The highest BCUT2D eigenvalue weighted by Gasteiger charge is 2.39. The molecular weight excluding hydrogens is 302 g/mol. The van der Waals surface area contributed by atoms with Crippen molar-refractivity contribution in [3.05, 3.63) is 59.7 Å². The lowest BCUT2D eigenvalue weighted by Crippen LogP contribution is -2.42. The molecule has 2 aromatic carbocycles. The molecule has 4 nitrogen and oxygen atoms in total. The minimum atomic E-state index is -0.388. The highest BCUT2D eigenvalue weighted by atomic mass is 16.5. The van der Waals surface area contributed by atoms with Gasteiger partial charge >= 0.3 is 0 Å². The maximum Gasteiger partial charge on any atom is 0.264 e. The molecule has 0 radical (unpaired) electrons. The molecule has 1 unspecified atom stereocenters. The quantitative estimate of drug-likeness (QED) is 0.848. The maximum atomic E-state index is 13.0. The number of methoxy groups -OCH3 is 1. The first kappa shape index (κ1) is 15.1. The lowest BCUT2D eigenvalue weighted by atomic mass is 10.1. The number of hydrogen-bond acceptors (Lipinski definition) is 3. The van der Waals surface area contributed by atoms with Crippen molar-refractivity contribution in [2.45, 2.75) is 38.0 Å². The summed E-state index contributed by atoms with van der Waals surface area (Å²) in [5, 5.41) is 0. The highest BCUT2D eigenvalue weighted by molar-refractivity contribution is 5.83. The summed E-state index contributed by atoms with van der Waals surface area (Å²) in [5.41, 5.74) is 2.24. The van der Waals surface area contributed by atoms with Gasteiger partial charge in [-0.3, -0.25) is 4.79 Å². The zero-order valence-corrected chi connectivity index (χ0v) is 13.8. The third kappa shape index (κ3) is 2.96. The second-order valence-electron chi connectivity index (χ2n) is 6.46. The van der Waals surface area contributed by atoms with Crippen molar-refractivity contribution in [1.29, 1.82) is 0 Å². The molecule has 0 spiro atoms. The SMILES string of the molecule is COc1ccc(CN(C(=O)C2Cc3ccccc3O2)C2CC2)cc1. The predicted molar refractivity (Wildman–Crippen MR) is 91.1 cm³/mol. The van der Waals surface area contributed by atoms with Crippen LogP contribution in [-0.4, -0.2) is 30.1 Å². The Morgan fingerprint density at radius 1 is 1.17 bits per heavy atom. The van der Waals surface area contributed by atoms with Crippen molar-refractivity contribution in [3.8, 4) is 11.5 Å². The molecule has 1 aliphatic carbocycles. The molecule has 24 heavy (non-hydrogen) atoms. The summed E-state index contributed by atoms with van der Waals surface area (Å²) >= 11 is 0. The number of amides is 1. The number of para-hydroxylation sites is 1. The van der Waals surface area contributed by atoms with Crippen LogP contribution in [0.2, 0.25) is 0 Å². The van der Waals surface area contributed by atoms with Crippen LogP contribution in [0, 0.1) is 0 Å². The predicted octanol–water partition coefficient (Wildman–Crippen LogP) is 3.19. The van der Waals surface area contributed by atoms with E-state index in [0.29, 0.717) is 19.0 Å². The number of hydrogen-bond donors (Lipinski definition) is 0. The Morgan fingerprint density at radius 2 is 1.92 bits per heavy atom. The fraction of sp³-hybridized carbons (Fsp3) is 0.350. The number of rotatable bonds is 5. The van der Waals surface area contributed by atoms with Crippen LogP contribution < -0.4 is 9.47 Å². The number of carbonyl (C=O) groups is 1. The summed E-state index contributed by atoms with van der Waals surface area (Å²) in [6.45, 7) is 0.629. The van der Waals surface area contributed by atoms with Gasteiger partial charge in [0.25, 0.3) is 5.91 Å². The van der Waals surface area contributed by atoms with Crippen molar-refractivity contribution in [2.75, 3.05) is 7.11 Å². The van der Waals surface area contributed by atoms with Gasteiger partial charge < -0.3 is 14.4 Å². The van der Waals surface area contributed by atoms with Gasteiger partial charge in [-0.05, 0) is 42.2 Å². The average molecular weight is 323 g/mol. The molecular formula is C20H21NO3. The van der Waals surface area contributed by atoms with Gasteiger partial charge in [0.15, 0.2) is 6.10 Å². The third-order valence-corrected chi connectivity index (χ3v) is 4.71. The van der Waals surface area contributed by atoms with Crippen LogP contribution in [0.3, 0.4) is 0 Å². The van der Waals surface area contributed by atoms with Crippen LogP contribution in [0.25, 0.3) is 0 Å². The lowest BCUT2D eigenvalue weighted by Gasteiger charge is -2.25. The molecule has 0 saturated heterocycles. The van der Waals surface area contributed by atoms with Crippen LogP contribution >= 0.6 is 0 Å². The first-order chi connectivity index (χ1) is 11.7. The van der Waals surface area contributed by atoms with Gasteiger partial charge in [-0.1, -0.05) is 30.3 Å². The van der Waals surface area contributed by atoms with E-state index in [1.807, 2.05) is 53.4 Å². The molecule has 2 aromatic rings. The average Bonchev–Trinajstić information content (AvgIpc) is 3.37. The van der Waals surface area contributed by atoms with Gasteiger partial charge in [-0.25, -0.2) is 0 Å². The first-order valence-electron chi connectivity index (χ1n) is 8.42. The number of nitrogens with zero attached hydrogens (tertiary/aromatic N) is 1. The molecule has 1 saturated carbocycles. The minimum Gasteiger partial charge on any atom is -0.497 e. The van der Waals surface area contributed by atoms with Crippen LogP contribution in [-0.2, 0) is 17.8 Å². The van der Waals surface area contributed by atoms with Gasteiger partial charge in [0.2, 0.25) is 0 Å². The Bertz CT molecular complexity index is 712. The van der Waals surface area contributed by atoms with E-state index in [-0.39, 0.29) is 12.0 Å². The zero-order valence-electron chi connectivity index (χ0n) is 13.8. The largest absolute Gasteiger partial charge is 0.497 e. The van der Waals surface area contributed by atoms with Crippen LogP contribution in [0.4, 0.5) is 0 Å². The summed E-state index contributed by atoms with van der Waals surface area (Å²) in [4.78, 5) is 15.0. The van der Waals surface area contributed by atoms with Crippen molar-refractivity contribution < 1.29 is 14.3 Å². The Kier molecular flexibility index (Phi) is 3.89. The Hall–Kier alpha value is -2.49. The summed E-state index contributed by atoms with van der Waals surface area (Å²) in [7, 11) is 1.66. The Labute approximate surface area is 142 Å². The van der Waals surface area contributed by atoms with Gasteiger partial charge in [0, 0.05) is 19.0 Å². The van der Waals surface area contributed by atoms with E-state index in [1.54, 1.807) is 7.11 Å². The second-order valence-corrected chi connectivity index (χ2v) is 6.46. The molecule has 124 valence electrons. The molecule has 1 heterocycles. The summed E-state index contributed by atoms with van der Waals surface area (Å²) in [5.74, 6) is 1.78. The fourth-order valence-corrected chi connectivity index (χ4v) is 3.21. The highest BCUT2D eigenvalue weighted by Crippen LogP contribution is 2.33. The van der Waals surface area contributed by atoms with Crippen molar-refractivity contribution in [2.24, 2.45) is 0 Å². The van der Waals surface area contributed by atoms with E-state index < -0.39 is 0 Å². The van der Waals surface area contributed by atoms with Crippen molar-refractivity contribution in [1.82, 2.24) is 4.90 Å². The Balaban J connectivity index is 1.48. The maximum absolute atomic E-state index is 13.0. The molecule has 1 atom stereocenters. The van der Waals surface area contributed by atoms with Crippen LogP contribution in [0.15, 0.2) is 48.5 Å². The van der Waals surface area contributed by atoms with Gasteiger partial charge in [0.1, 0.15) is 11.5 Å². The van der Waals surface area contributed by atoms with E-state index in [0.717, 1.165) is 35.5 Å². The molecule has 4 rings (SSSR count). The molecule has 2 aliphatic rings. The molecule has 0 bridgehead atoms. The summed E-state index contributed by atoms with van der Waals surface area (Å²) in [6, 6.07) is 16.2. The third-order valence-electron chi connectivity index (χ3n) is 4.71. The molecule has 0 aromatic heterocycles. The molecule has 1 fully saturated rings. The van der Waals surface area contributed by atoms with Crippen LogP contribution in [0.5, 0.6) is 11.5 Å². The topological polar surface area (TPSA) is 38.8 Å². The first-order valence-corrected chi connectivity index (χ1v) is 8.42. The molecule has 1 amide bonds. The van der Waals surface area contributed by atoms with Gasteiger partial charge in [-0.2, -0.15) is 0 Å². The van der Waals surface area contributed by atoms with Crippen LogP contribution in [0.1, 0.15) is 24.0 Å². The van der Waals surface area contributed by atoms with E-state index in [2.05, 4.69) is 0 Å².